The van der Waals surface area contributed by atoms with E-state index in [1.54, 1.807) is 6.07 Å². The quantitative estimate of drug-likeness (QED) is 0.767. The molecule has 1 rings (SSSR count). The summed E-state index contributed by atoms with van der Waals surface area (Å²) in [6, 6.07) is 7.01. The lowest BCUT2D eigenvalue weighted by Gasteiger charge is -2.29. The third-order valence-corrected chi connectivity index (χ3v) is 2.20. The molecule has 1 aromatic carbocycles. The first-order valence-corrected chi connectivity index (χ1v) is 4.36. The maximum Gasteiger partial charge on any atom is 0.274 e. The molecular weight excluding hydrogens is 205 g/mol. The van der Waals surface area contributed by atoms with Gasteiger partial charge < -0.3 is 5.11 Å². The van der Waals surface area contributed by atoms with Crippen LogP contribution in [0.15, 0.2) is 43.0 Å². The highest BCUT2D eigenvalue weighted by molar-refractivity contribution is 5.26. The van der Waals surface area contributed by atoms with Gasteiger partial charge in [0.15, 0.2) is 11.8 Å². The van der Waals surface area contributed by atoms with Gasteiger partial charge >= 0.3 is 0 Å². The maximum atomic E-state index is 13.3. The van der Waals surface area contributed by atoms with Gasteiger partial charge in [0, 0.05) is 0 Å². The Morgan fingerprint density at radius 2 is 1.73 bits per heavy atom. The number of alkyl halides is 3. The predicted octanol–water partition coefficient (Wildman–Crippen LogP) is 2.66. The van der Waals surface area contributed by atoms with Gasteiger partial charge in [0.1, 0.15) is 0 Å². The second-order valence-corrected chi connectivity index (χ2v) is 3.13. The van der Waals surface area contributed by atoms with Crippen molar-refractivity contribution in [2.24, 2.45) is 0 Å². The first kappa shape index (κ1) is 11.8. The highest BCUT2D eigenvalue weighted by Crippen LogP contribution is 2.34. The molecular formula is C11H11F3O. The van der Waals surface area contributed by atoms with Gasteiger partial charge in [-0.25, -0.2) is 13.2 Å². The van der Waals surface area contributed by atoms with E-state index in [-0.39, 0.29) is 5.56 Å². The topological polar surface area (TPSA) is 20.2 Å². The lowest BCUT2D eigenvalue weighted by atomic mass is 9.89. The number of hydrogen-bond donors (Lipinski definition) is 1. The SMILES string of the molecule is C=CC(F)C(O)(c1ccccc1)C(F)F. The van der Waals surface area contributed by atoms with Crippen LogP contribution in [0, 0.1) is 0 Å². The molecule has 2 atom stereocenters. The van der Waals surface area contributed by atoms with Crippen LogP contribution in [0.2, 0.25) is 0 Å². The molecule has 1 aromatic rings. The molecule has 1 nitrogen and oxygen atoms in total. The minimum atomic E-state index is -3.21. The molecule has 0 fully saturated rings. The van der Waals surface area contributed by atoms with Crippen molar-refractivity contribution in [1.29, 1.82) is 0 Å². The lowest BCUT2D eigenvalue weighted by Crippen LogP contribution is -2.42. The largest absolute Gasteiger partial charge is 0.376 e. The average molecular weight is 216 g/mol. The normalized spacial score (nSPS) is 17.1. The van der Waals surface area contributed by atoms with Crippen LogP contribution < -0.4 is 0 Å². The predicted molar refractivity (Wildman–Crippen MR) is 51.4 cm³/mol. The Labute approximate surface area is 85.9 Å². The molecule has 82 valence electrons. The van der Waals surface area contributed by atoms with Gasteiger partial charge in [0.05, 0.1) is 0 Å². The summed E-state index contributed by atoms with van der Waals surface area (Å²) < 4.78 is 38.6. The Morgan fingerprint density at radius 3 is 2.13 bits per heavy atom. The molecule has 0 spiro atoms. The smallest absolute Gasteiger partial charge is 0.274 e. The Balaban J connectivity index is 3.18. The zero-order chi connectivity index (χ0) is 11.5. The monoisotopic (exact) mass is 216 g/mol. The van der Waals surface area contributed by atoms with Crippen molar-refractivity contribution >= 4 is 0 Å². The van der Waals surface area contributed by atoms with Crippen molar-refractivity contribution in [1.82, 2.24) is 0 Å². The van der Waals surface area contributed by atoms with E-state index in [0.717, 1.165) is 0 Å². The summed E-state index contributed by atoms with van der Waals surface area (Å²) in [6.45, 7) is 3.07. The third-order valence-electron chi connectivity index (χ3n) is 2.20. The fourth-order valence-corrected chi connectivity index (χ4v) is 1.29. The second-order valence-electron chi connectivity index (χ2n) is 3.13. The van der Waals surface area contributed by atoms with Crippen molar-refractivity contribution in [3.63, 3.8) is 0 Å². The van der Waals surface area contributed by atoms with Crippen LogP contribution in [-0.4, -0.2) is 17.7 Å². The summed E-state index contributed by atoms with van der Waals surface area (Å²) in [6.07, 6.45) is -4.76. The molecule has 15 heavy (non-hydrogen) atoms. The molecule has 0 saturated carbocycles. The average Bonchev–Trinajstić information content (AvgIpc) is 2.27. The van der Waals surface area contributed by atoms with Gasteiger partial charge in [-0.2, -0.15) is 0 Å². The summed E-state index contributed by atoms with van der Waals surface area (Å²) in [4.78, 5) is 0. The molecule has 2 unspecified atom stereocenters. The number of benzene rings is 1. The van der Waals surface area contributed by atoms with E-state index < -0.39 is 18.2 Å². The third kappa shape index (κ3) is 2.04. The van der Waals surface area contributed by atoms with E-state index in [9.17, 15) is 18.3 Å². The van der Waals surface area contributed by atoms with Gasteiger partial charge in [-0.15, -0.1) is 6.58 Å². The van der Waals surface area contributed by atoms with Gasteiger partial charge in [0.2, 0.25) is 0 Å². The van der Waals surface area contributed by atoms with Crippen LogP contribution in [0.5, 0.6) is 0 Å². The molecule has 0 aliphatic rings. The highest BCUT2D eigenvalue weighted by atomic mass is 19.3. The van der Waals surface area contributed by atoms with Gasteiger partial charge in [-0.05, 0) is 5.56 Å². The van der Waals surface area contributed by atoms with E-state index in [2.05, 4.69) is 6.58 Å². The Hall–Kier alpha value is -1.29. The van der Waals surface area contributed by atoms with E-state index >= 15 is 0 Å². The van der Waals surface area contributed by atoms with Gasteiger partial charge in [-0.3, -0.25) is 0 Å². The number of hydrogen-bond acceptors (Lipinski definition) is 1. The minimum absolute atomic E-state index is 0.160. The van der Waals surface area contributed by atoms with Crippen molar-refractivity contribution in [3.8, 4) is 0 Å². The van der Waals surface area contributed by atoms with Crippen molar-refractivity contribution < 1.29 is 18.3 Å². The van der Waals surface area contributed by atoms with Crippen molar-refractivity contribution in [2.75, 3.05) is 0 Å². The van der Waals surface area contributed by atoms with E-state index in [0.29, 0.717) is 6.08 Å². The molecule has 0 bridgehead atoms. The van der Waals surface area contributed by atoms with Crippen LogP contribution in [0.4, 0.5) is 13.2 Å². The fraction of sp³-hybridized carbons (Fsp3) is 0.273. The van der Waals surface area contributed by atoms with Gasteiger partial charge in [0.25, 0.3) is 6.43 Å². The standard InChI is InChI=1S/C11H11F3O/c1-2-9(12)11(15,10(13)14)8-6-4-3-5-7-8/h2-7,9-10,15H,1H2. The maximum absolute atomic E-state index is 13.3. The summed E-state index contributed by atoms with van der Waals surface area (Å²) in [5.74, 6) is 0. The zero-order valence-corrected chi connectivity index (χ0v) is 7.91. The number of rotatable bonds is 4. The minimum Gasteiger partial charge on any atom is -0.376 e. The fourth-order valence-electron chi connectivity index (χ4n) is 1.29. The Bertz CT molecular complexity index is 326. The van der Waals surface area contributed by atoms with Crippen LogP contribution in [0.25, 0.3) is 0 Å². The van der Waals surface area contributed by atoms with Crippen molar-refractivity contribution in [2.45, 2.75) is 18.2 Å². The first-order valence-electron chi connectivity index (χ1n) is 4.36. The summed E-state index contributed by atoms with van der Waals surface area (Å²) in [7, 11) is 0. The van der Waals surface area contributed by atoms with E-state index in [1.807, 2.05) is 0 Å². The van der Waals surface area contributed by atoms with Crippen molar-refractivity contribution in [3.05, 3.63) is 48.6 Å². The van der Waals surface area contributed by atoms with Gasteiger partial charge in [-0.1, -0.05) is 36.4 Å². The zero-order valence-electron chi connectivity index (χ0n) is 7.91. The molecule has 0 amide bonds. The second kappa shape index (κ2) is 4.49. The van der Waals surface area contributed by atoms with Crippen LogP contribution in [0.1, 0.15) is 5.56 Å². The molecule has 0 radical (unpaired) electrons. The van der Waals surface area contributed by atoms with E-state index in [4.69, 9.17) is 0 Å². The molecule has 0 aliphatic carbocycles. The van der Waals surface area contributed by atoms with Crippen LogP contribution in [0.3, 0.4) is 0 Å². The number of aliphatic hydroxyl groups is 1. The molecule has 0 saturated heterocycles. The van der Waals surface area contributed by atoms with E-state index in [1.165, 1.54) is 24.3 Å². The molecule has 0 aliphatic heterocycles. The molecule has 0 heterocycles. The molecule has 0 aromatic heterocycles. The summed E-state index contributed by atoms with van der Waals surface area (Å²) in [5, 5.41) is 9.63. The number of halogens is 3. The van der Waals surface area contributed by atoms with Crippen LogP contribution >= 0.6 is 0 Å². The van der Waals surface area contributed by atoms with Crippen LogP contribution in [-0.2, 0) is 5.60 Å². The molecule has 4 heteroatoms. The Kier molecular flexibility index (Phi) is 3.52. The molecule has 1 N–H and O–H groups in total. The first-order chi connectivity index (χ1) is 7.03. The summed E-state index contributed by atoms with van der Waals surface area (Å²) in [5.41, 5.74) is -2.98. The highest BCUT2D eigenvalue weighted by Gasteiger charge is 2.46. The lowest BCUT2D eigenvalue weighted by molar-refractivity contribution is -0.134. The Morgan fingerprint density at radius 1 is 1.20 bits per heavy atom. The summed E-state index contributed by atoms with van der Waals surface area (Å²) >= 11 is 0.